The van der Waals surface area contributed by atoms with Crippen molar-refractivity contribution in [3.05, 3.63) is 52.9 Å². The minimum Gasteiger partial charge on any atom is -0.508 e. The molecular weight excluding hydrogens is 364 g/mol. The molecule has 1 heterocycles. The van der Waals surface area contributed by atoms with Crippen LogP contribution < -0.4 is 10.2 Å². The fraction of sp³-hybridized carbons (Fsp3) is 0.238. The Balaban J connectivity index is 1.93. The summed E-state index contributed by atoms with van der Waals surface area (Å²) in [5.74, 6) is -0.610. The lowest BCUT2D eigenvalue weighted by molar-refractivity contribution is -0.158. The number of phenols is 2. The number of carbonyl (C=O) groups excluding carboxylic acids is 1. The van der Waals surface area contributed by atoms with E-state index in [-0.39, 0.29) is 34.6 Å². The maximum absolute atomic E-state index is 12.7. The molecule has 0 bridgehead atoms. The molecule has 7 heteroatoms. The fourth-order valence-corrected chi connectivity index (χ4v) is 2.76. The van der Waals surface area contributed by atoms with Gasteiger partial charge in [0, 0.05) is 12.1 Å². The molecule has 0 fully saturated rings. The van der Waals surface area contributed by atoms with Crippen LogP contribution in [-0.4, -0.2) is 28.4 Å². The lowest BCUT2D eigenvalue weighted by Crippen LogP contribution is -2.39. The van der Waals surface area contributed by atoms with Crippen molar-refractivity contribution in [3.8, 4) is 28.4 Å². The summed E-state index contributed by atoms with van der Waals surface area (Å²) in [7, 11) is 0. The summed E-state index contributed by atoms with van der Waals surface area (Å²) in [4.78, 5) is 24.7. The monoisotopic (exact) mass is 384 g/mol. The smallest absolute Gasteiger partial charge is 0.349 e. The van der Waals surface area contributed by atoms with E-state index >= 15 is 0 Å². The average Bonchev–Trinajstić information content (AvgIpc) is 2.62. The van der Waals surface area contributed by atoms with Crippen LogP contribution in [0.5, 0.6) is 17.2 Å². The summed E-state index contributed by atoms with van der Waals surface area (Å²) in [6.45, 7) is 5.19. The highest BCUT2D eigenvalue weighted by molar-refractivity contribution is 5.88. The molecule has 3 aromatic rings. The van der Waals surface area contributed by atoms with Crippen LogP contribution in [0, 0.1) is 0 Å². The Bertz CT molecular complexity index is 1080. The molecule has 0 saturated heterocycles. The van der Waals surface area contributed by atoms with Crippen molar-refractivity contribution in [2.75, 3.05) is 6.61 Å². The van der Waals surface area contributed by atoms with E-state index in [1.807, 2.05) is 0 Å². The van der Waals surface area contributed by atoms with Crippen LogP contribution in [0.3, 0.4) is 0 Å². The number of fused-ring (bicyclic) bond motifs is 1. The first-order valence-corrected chi connectivity index (χ1v) is 8.67. The molecule has 28 heavy (non-hydrogen) atoms. The Hall–Kier alpha value is -3.48. The van der Waals surface area contributed by atoms with Gasteiger partial charge in [-0.05, 0) is 38.5 Å². The Morgan fingerprint density at radius 2 is 1.82 bits per heavy atom. The standard InChI is InChI=1S/C21H20O7/c1-4-26-20(25)21(2,3)28-14-7-5-12(6-8-14)15-11-27-17-10-13(22)9-16(23)18(17)19(15)24/h5-11,22-23H,4H2,1-3H3. The molecule has 0 radical (unpaired) electrons. The van der Waals surface area contributed by atoms with E-state index < -0.39 is 17.0 Å². The van der Waals surface area contributed by atoms with Gasteiger partial charge in [0.05, 0.1) is 12.2 Å². The Morgan fingerprint density at radius 3 is 2.46 bits per heavy atom. The second kappa shape index (κ2) is 7.26. The Morgan fingerprint density at radius 1 is 1.14 bits per heavy atom. The van der Waals surface area contributed by atoms with Gasteiger partial charge >= 0.3 is 5.97 Å². The molecule has 1 aromatic heterocycles. The van der Waals surface area contributed by atoms with Gasteiger partial charge in [-0.2, -0.15) is 0 Å². The summed E-state index contributed by atoms with van der Waals surface area (Å²) in [5.41, 5.74) is -0.719. The molecule has 2 aromatic carbocycles. The molecule has 3 rings (SSSR count). The van der Waals surface area contributed by atoms with Gasteiger partial charge in [0.25, 0.3) is 0 Å². The number of phenolic OH excluding ortho intramolecular Hbond substituents is 2. The molecule has 146 valence electrons. The van der Waals surface area contributed by atoms with E-state index in [4.69, 9.17) is 13.9 Å². The van der Waals surface area contributed by atoms with Gasteiger partial charge in [-0.1, -0.05) is 12.1 Å². The van der Waals surface area contributed by atoms with Crippen molar-refractivity contribution >= 4 is 16.9 Å². The number of esters is 1. The molecule has 0 saturated carbocycles. The highest BCUT2D eigenvalue weighted by Gasteiger charge is 2.31. The van der Waals surface area contributed by atoms with Gasteiger partial charge in [-0.3, -0.25) is 4.79 Å². The summed E-state index contributed by atoms with van der Waals surface area (Å²) in [6.07, 6.45) is 1.27. The highest BCUT2D eigenvalue weighted by Crippen LogP contribution is 2.30. The third kappa shape index (κ3) is 3.64. The first-order chi connectivity index (χ1) is 13.2. The minimum atomic E-state index is -1.16. The predicted molar refractivity (Wildman–Crippen MR) is 103 cm³/mol. The molecule has 0 amide bonds. The number of hydrogen-bond donors (Lipinski definition) is 2. The fourth-order valence-electron chi connectivity index (χ4n) is 2.76. The summed E-state index contributed by atoms with van der Waals surface area (Å²) in [6, 6.07) is 8.87. The lowest BCUT2D eigenvalue weighted by Gasteiger charge is -2.24. The van der Waals surface area contributed by atoms with Crippen molar-refractivity contribution in [2.45, 2.75) is 26.4 Å². The zero-order valence-corrected chi connectivity index (χ0v) is 15.7. The van der Waals surface area contributed by atoms with Crippen LogP contribution in [0.1, 0.15) is 20.8 Å². The topological polar surface area (TPSA) is 106 Å². The van der Waals surface area contributed by atoms with Crippen molar-refractivity contribution in [2.24, 2.45) is 0 Å². The van der Waals surface area contributed by atoms with Crippen molar-refractivity contribution in [3.63, 3.8) is 0 Å². The molecule has 2 N–H and O–H groups in total. The zero-order chi connectivity index (χ0) is 20.5. The van der Waals surface area contributed by atoms with Crippen LogP contribution in [-0.2, 0) is 9.53 Å². The van der Waals surface area contributed by atoms with E-state index in [0.29, 0.717) is 11.3 Å². The molecule has 0 aliphatic carbocycles. The average molecular weight is 384 g/mol. The maximum Gasteiger partial charge on any atom is 0.349 e. The third-order valence-corrected chi connectivity index (χ3v) is 4.15. The third-order valence-electron chi connectivity index (χ3n) is 4.15. The van der Waals surface area contributed by atoms with Crippen LogP contribution in [0.2, 0.25) is 0 Å². The summed E-state index contributed by atoms with van der Waals surface area (Å²) >= 11 is 0. The van der Waals surface area contributed by atoms with E-state index in [1.165, 1.54) is 12.3 Å². The minimum absolute atomic E-state index is 0.0147. The molecule has 7 nitrogen and oxygen atoms in total. The summed E-state index contributed by atoms with van der Waals surface area (Å²) in [5, 5.41) is 19.5. The number of rotatable bonds is 5. The number of aromatic hydroxyl groups is 2. The van der Waals surface area contributed by atoms with Gasteiger partial charge in [0.2, 0.25) is 5.43 Å². The summed E-state index contributed by atoms with van der Waals surface area (Å²) < 4.78 is 16.1. The molecule has 0 aliphatic rings. The number of carbonyl (C=O) groups is 1. The molecule has 0 unspecified atom stereocenters. The predicted octanol–water partition coefficient (Wildman–Crippen LogP) is 3.59. The van der Waals surface area contributed by atoms with E-state index in [2.05, 4.69) is 0 Å². The number of ether oxygens (including phenoxy) is 2. The first kappa shape index (κ1) is 19.3. The van der Waals surface area contributed by atoms with E-state index in [9.17, 15) is 19.8 Å². The van der Waals surface area contributed by atoms with Gasteiger partial charge in [-0.25, -0.2) is 4.79 Å². The van der Waals surface area contributed by atoms with E-state index in [0.717, 1.165) is 6.07 Å². The lowest BCUT2D eigenvalue weighted by atomic mass is 10.0. The van der Waals surface area contributed by atoms with Crippen LogP contribution in [0.4, 0.5) is 0 Å². The first-order valence-electron chi connectivity index (χ1n) is 8.67. The van der Waals surface area contributed by atoms with Crippen LogP contribution in [0.25, 0.3) is 22.1 Å². The highest BCUT2D eigenvalue weighted by atomic mass is 16.6. The van der Waals surface area contributed by atoms with Gasteiger partial charge in [-0.15, -0.1) is 0 Å². The Labute approximate surface area is 160 Å². The van der Waals surface area contributed by atoms with Gasteiger partial charge in [0.15, 0.2) is 5.60 Å². The maximum atomic E-state index is 12.7. The Kier molecular flexibility index (Phi) is 5.00. The van der Waals surface area contributed by atoms with E-state index in [1.54, 1.807) is 45.0 Å². The second-order valence-corrected chi connectivity index (χ2v) is 6.67. The normalized spacial score (nSPS) is 11.4. The number of hydrogen-bond acceptors (Lipinski definition) is 7. The zero-order valence-electron chi connectivity index (χ0n) is 15.7. The van der Waals surface area contributed by atoms with Crippen molar-refractivity contribution < 1.29 is 28.9 Å². The van der Waals surface area contributed by atoms with Crippen LogP contribution in [0.15, 0.2) is 51.9 Å². The van der Waals surface area contributed by atoms with Gasteiger partial charge in [0.1, 0.15) is 34.5 Å². The van der Waals surface area contributed by atoms with Crippen molar-refractivity contribution in [1.82, 2.24) is 0 Å². The quantitative estimate of drug-likeness (QED) is 0.648. The SMILES string of the molecule is CCOC(=O)C(C)(C)Oc1ccc(-c2coc3cc(O)cc(O)c3c2=O)cc1. The molecule has 0 aliphatic heterocycles. The second-order valence-electron chi connectivity index (χ2n) is 6.67. The largest absolute Gasteiger partial charge is 0.508 e. The number of benzene rings is 2. The van der Waals surface area contributed by atoms with Gasteiger partial charge < -0.3 is 24.1 Å². The van der Waals surface area contributed by atoms with Crippen molar-refractivity contribution in [1.29, 1.82) is 0 Å². The van der Waals surface area contributed by atoms with Crippen LogP contribution >= 0.6 is 0 Å². The molecule has 0 atom stereocenters. The molecular formula is C21H20O7. The molecule has 0 spiro atoms.